The minimum Gasteiger partial charge on any atom is -0.341 e. The first kappa shape index (κ1) is 14.0. The molecule has 1 aliphatic rings. The molecule has 0 saturated carbocycles. The summed E-state index contributed by atoms with van der Waals surface area (Å²) in [6.45, 7) is 5.58. The van der Waals surface area contributed by atoms with Crippen LogP contribution in [0.5, 0.6) is 0 Å². The number of benzene rings is 1. The van der Waals surface area contributed by atoms with Crippen molar-refractivity contribution in [2.45, 2.75) is 25.7 Å². The molecule has 100 valence electrons. The van der Waals surface area contributed by atoms with Gasteiger partial charge >= 0.3 is 0 Å². The highest BCUT2D eigenvalue weighted by molar-refractivity contribution is 6.30. The van der Waals surface area contributed by atoms with Crippen molar-refractivity contribution in [3.05, 3.63) is 34.9 Å². The van der Waals surface area contributed by atoms with Crippen LogP contribution in [-0.2, 0) is 10.2 Å². The van der Waals surface area contributed by atoms with Crippen molar-refractivity contribution in [2.75, 3.05) is 13.1 Å². The predicted molar refractivity (Wildman–Crippen MR) is 78.0 cm³/mol. The summed E-state index contributed by atoms with van der Waals surface area (Å²) < 4.78 is 0. The maximum Gasteiger partial charge on any atom is 0.223 e. The Morgan fingerprint density at radius 2 is 2.26 bits per heavy atom. The van der Waals surface area contributed by atoms with Crippen LogP contribution in [0.25, 0.3) is 0 Å². The van der Waals surface area contributed by atoms with Crippen LogP contribution in [0.2, 0.25) is 5.02 Å². The molecule has 1 amide bonds. The summed E-state index contributed by atoms with van der Waals surface area (Å²) in [5, 5.41) is 0.722. The number of likely N-dealkylation sites (tertiary alicyclic amines) is 1. The first-order valence-electron chi connectivity index (χ1n) is 6.42. The van der Waals surface area contributed by atoms with E-state index < -0.39 is 0 Å². The van der Waals surface area contributed by atoms with Crippen LogP contribution in [0.4, 0.5) is 0 Å². The van der Waals surface area contributed by atoms with E-state index in [1.54, 1.807) is 0 Å². The molecule has 0 aromatic heterocycles. The second kappa shape index (κ2) is 5.27. The van der Waals surface area contributed by atoms with Gasteiger partial charge in [0.05, 0.1) is 0 Å². The minimum atomic E-state index is -0.135. The van der Waals surface area contributed by atoms with E-state index >= 15 is 0 Å². The lowest BCUT2D eigenvalue weighted by atomic mass is 9.84. The first-order valence-corrected chi connectivity index (χ1v) is 6.80. The average molecular weight is 276 g/mol. The summed E-state index contributed by atoms with van der Waals surface area (Å²) in [4.78, 5) is 13.8. The normalized spacial score (nSPS) is 19.6. The lowest BCUT2D eigenvalue weighted by molar-refractivity contribution is -0.128. The molecule has 0 radical (unpaired) electrons. The third-order valence-corrected chi connectivity index (χ3v) is 3.88. The van der Waals surface area contributed by atoms with Gasteiger partial charge in [0.25, 0.3) is 0 Å². The van der Waals surface area contributed by atoms with E-state index in [2.05, 4.69) is 19.8 Å². The van der Waals surface area contributed by atoms with Gasteiger partial charge in [-0.15, -0.1) is 12.3 Å². The second-order valence-corrected chi connectivity index (χ2v) is 6.17. The number of amides is 1. The van der Waals surface area contributed by atoms with E-state index in [9.17, 15) is 4.79 Å². The van der Waals surface area contributed by atoms with Gasteiger partial charge in [-0.25, -0.2) is 0 Å². The third-order valence-electron chi connectivity index (χ3n) is 3.64. The number of carbonyl (C=O) groups excluding carboxylic acids is 1. The lowest BCUT2D eigenvalue weighted by Gasteiger charge is -2.31. The highest BCUT2D eigenvalue weighted by Gasteiger charge is 2.33. The highest BCUT2D eigenvalue weighted by atomic mass is 35.5. The molecule has 19 heavy (non-hydrogen) atoms. The molecule has 0 aliphatic carbocycles. The van der Waals surface area contributed by atoms with Gasteiger partial charge in [0.2, 0.25) is 5.91 Å². The average Bonchev–Trinajstić information content (AvgIpc) is 2.70. The van der Waals surface area contributed by atoms with Gasteiger partial charge in [0, 0.05) is 35.9 Å². The summed E-state index contributed by atoms with van der Waals surface area (Å²) in [6.07, 6.45) is 5.88. The molecule has 3 heteroatoms. The van der Waals surface area contributed by atoms with Crippen molar-refractivity contribution < 1.29 is 4.79 Å². The van der Waals surface area contributed by atoms with E-state index in [0.29, 0.717) is 19.5 Å². The van der Waals surface area contributed by atoms with Crippen LogP contribution in [0.15, 0.2) is 24.3 Å². The summed E-state index contributed by atoms with van der Waals surface area (Å²) >= 11 is 6.03. The SMILES string of the molecule is C#CC1CC(=O)N(CC(C)(C)c2cccc(Cl)c2)C1. The van der Waals surface area contributed by atoms with E-state index in [4.69, 9.17) is 18.0 Å². The van der Waals surface area contributed by atoms with Crippen LogP contribution in [0, 0.1) is 18.3 Å². The molecule has 0 N–H and O–H groups in total. The Kier molecular flexibility index (Phi) is 3.87. The molecular formula is C16H18ClNO. The van der Waals surface area contributed by atoms with E-state index in [1.165, 1.54) is 0 Å². The number of nitrogens with zero attached hydrogens (tertiary/aromatic N) is 1. The van der Waals surface area contributed by atoms with Crippen LogP contribution in [0.3, 0.4) is 0 Å². The molecule has 1 aromatic carbocycles. The Hall–Kier alpha value is -1.46. The monoisotopic (exact) mass is 275 g/mol. The van der Waals surface area contributed by atoms with Crippen LogP contribution in [-0.4, -0.2) is 23.9 Å². The molecule has 1 aliphatic heterocycles. The topological polar surface area (TPSA) is 20.3 Å². The van der Waals surface area contributed by atoms with Gasteiger partial charge in [-0.2, -0.15) is 0 Å². The maximum absolute atomic E-state index is 11.9. The quantitative estimate of drug-likeness (QED) is 0.777. The Balaban J connectivity index is 2.14. The van der Waals surface area contributed by atoms with Crippen molar-refractivity contribution in [1.82, 2.24) is 4.90 Å². The first-order chi connectivity index (χ1) is 8.92. The molecule has 1 atom stereocenters. The van der Waals surface area contributed by atoms with Crippen molar-refractivity contribution in [2.24, 2.45) is 5.92 Å². The standard InChI is InChI=1S/C16H18ClNO/c1-4-12-8-15(19)18(10-12)11-16(2,3)13-6-5-7-14(17)9-13/h1,5-7,9,12H,8,10-11H2,2-3H3. The molecule has 2 nitrogen and oxygen atoms in total. The number of hydrogen-bond acceptors (Lipinski definition) is 1. The Morgan fingerprint density at radius 1 is 1.53 bits per heavy atom. The zero-order valence-corrected chi connectivity index (χ0v) is 12.1. The van der Waals surface area contributed by atoms with Gasteiger partial charge < -0.3 is 4.90 Å². The largest absolute Gasteiger partial charge is 0.341 e. The Labute approximate surface area is 119 Å². The number of hydrogen-bond donors (Lipinski definition) is 0. The van der Waals surface area contributed by atoms with Crippen LogP contribution < -0.4 is 0 Å². The number of halogens is 1. The van der Waals surface area contributed by atoms with Crippen molar-refractivity contribution in [3.63, 3.8) is 0 Å². The van der Waals surface area contributed by atoms with Gasteiger partial charge in [-0.05, 0) is 17.7 Å². The summed E-state index contributed by atoms with van der Waals surface area (Å²) in [7, 11) is 0. The van der Waals surface area contributed by atoms with Crippen LogP contribution in [0.1, 0.15) is 25.8 Å². The number of terminal acetylenes is 1. The zero-order valence-electron chi connectivity index (χ0n) is 11.3. The van der Waals surface area contributed by atoms with Gasteiger partial charge in [0.1, 0.15) is 0 Å². The van der Waals surface area contributed by atoms with Crippen LogP contribution >= 0.6 is 11.6 Å². The highest BCUT2D eigenvalue weighted by Crippen LogP contribution is 2.29. The molecule has 0 bridgehead atoms. The van der Waals surface area contributed by atoms with Crippen molar-refractivity contribution in [3.8, 4) is 12.3 Å². The molecule has 1 fully saturated rings. The smallest absolute Gasteiger partial charge is 0.223 e. The molecule has 2 rings (SSSR count). The third kappa shape index (κ3) is 3.11. The zero-order chi connectivity index (χ0) is 14.0. The fraction of sp³-hybridized carbons (Fsp3) is 0.438. The summed E-state index contributed by atoms with van der Waals surface area (Å²) in [6, 6.07) is 7.80. The number of carbonyl (C=O) groups is 1. The van der Waals surface area contributed by atoms with E-state index in [0.717, 1.165) is 10.6 Å². The second-order valence-electron chi connectivity index (χ2n) is 5.74. The van der Waals surface area contributed by atoms with E-state index in [1.807, 2.05) is 29.2 Å². The Morgan fingerprint density at radius 3 is 2.84 bits per heavy atom. The number of rotatable bonds is 3. The van der Waals surface area contributed by atoms with Crippen molar-refractivity contribution in [1.29, 1.82) is 0 Å². The fourth-order valence-corrected chi connectivity index (χ4v) is 2.70. The Bertz CT molecular complexity index is 530. The summed E-state index contributed by atoms with van der Waals surface area (Å²) in [5.41, 5.74) is 1.00. The van der Waals surface area contributed by atoms with Crippen molar-refractivity contribution >= 4 is 17.5 Å². The molecule has 1 heterocycles. The summed E-state index contributed by atoms with van der Waals surface area (Å²) in [5.74, 6) is 2.88. The van der Waals surface area contributed by atoms with Gasteiger partial charge in [0.15, 0.2) is 0 Å². The minimum absolute atomic E-state index is 0.0580. The lowest BCUT2D eigenvalue weighted by Crippen LogP contribution is -2.38. The molecule has 0 spiro atoms. The van der Waals surface area contributed by atoms with Gasteiger partial charge in [-0.3, -0.25) is 4.79 Å². The predicted octanol–water partition coefficient (Wildman–Crippen LogP) is 3.10. The molecule has 1 unspecified atom stereocenters. The van der Waals surface area contributed by atoms with E-state index in [-0.39, 0.29) is 17.2 Å². The molecular weight excluding hydrogens is 258 g/mol. The molecule has 1 saturated heterocycles. The molecule has 1 aromatic rings. The maximum atomic E-state index is 11.9. The fourth-order valence-electron chi connectivity index (χ4n) is 2.51. The van der Waals surface area contributed by atoms with Gasteiger partial charge in [-0.1, -0.05) is 37.6 Å².